The summed E-state index contributed by atoms with van der Waals surface area (Å²) in [5, 5.41) is 0.918. The molecule has 0 saturated carbocycles. The average molecular weight is 522 g/mol. The summed E-state index contributed by atoms with van der Waals surface area (Å²) in [5.41, 5.74) is 2.06. The molecule has 0 amide bonds. The highest BCUT2D eigenvalue weighted by molar-refractivity contribution is 7.20. The Hall–Kier alpha value is -3.39. The number of aryl methyl sites for hydroxylation is 1. The maximum absolute atomic E-state index is 12.8. The number of esters is 1. The van der Waals surface area contributed by atoms with E-state index in [0.29, 0.717) is 24.6 Å². The summed E-state index contributed by atoms with van der Waals surface area (Å²) in [7, 11) is 1.68. The van der Waals surface area contributed by atoms with Crippen LogP contribution in [-0.2, 0) is 9.47 Å². The first-order chi connectivity index (χ1) is 18.1. The van der Waals surface area contributed by atoms with Crippen molar-refractivity contribution in [2.45, 2.75) is 6.92 Å². The first-order valence-corrected chi connectivity index (χ1v) is 13.3. The topological polar surface area (TPSA) is 80.3 Å². The minimum absolute atomic E-state index is 0.0698. The first-order valence-electron chi connectivity index (χ1n) is 12.4. The molecule has 0 unspecified atom stereocenters. The smallest absolute Gasteiger partial charge is 0.349 e. The van der Waals surface area contributed by atoms with E-state index >= 15 is 0 Å². The molecule has 10 heteroatoms. The number of methoxy groups -OCH3 is 1. The molecule has 0 bridgehead atoms. The minimum Gasteiger partial charge on any atom is -0.497 e. The van der Waals surface area contributed by atoms with Crippen LogP contribution < -0.4 is 14.5 Å². The summed E-state index contributed by atoms with van der Waals surface area (Å²) in [6.07, 6.45) is 1.56. The standard InChI is InChI=1S/C27H31N5O4S/c1-20-23-25(32-14-17-35-18-15-32)28-19-29-26(23)37-24(20)27(33)36-16-4-3-9-30-10-12-31(13-11-30)21-5-7-22(34-2)8-6-21/h5-8,19H,9-18H2,1-2H3. The van der Waals surface area contributed by atoms with Gasteiger partial charge in [-0.15, -0.1) is 11.3 Å². The van der Waals surface area contributed by atoms with E-state index < -0.39 is 0 Å². The number of morpholine rings is 1. The Labute approximate surface area is 220 Å². The van der Waals surface area contributed by atoms with Gasteiger partial charge in [0.1, 0.15) is 27.6 Å². The lowest BCUT2D eigenvalue weighted by Gasteiger charge is -2.35. The summed E-state index contributed by atoms with van der Waals surface area (Å²) >= 11 is 1.35. The molecule has 0 aliphatic carbocycles. The summed E-state index contributed by atoms with van der Waals surface area (Å²) < 4.78 is 16.2. The van der Waals surface area contributed by atoms with Gasteiger partial charge in [0.25, 0.3) is 0 Å². The zero-order chi connectivity index (χ0) is 25.6. The number of thiophene rings is 1. The monoisotopic (exact) mass is 521 g/mol. The maximum Gasteiger partial charge on any atom is 0.349 e. The van der Waals surface area contributed by atoms with Crippen LogP contribution in [0.2, 0.25) is 0 Å². The first kappa shape index (κ1) is 25.3. The van der Waals surface area contributed by atoms with Crippen molar-refractivity contribution < 1.29 is 19.0 Å². The van der Waals surface area contributed by atoms with Crippen LogP contribution in [0.1, 0.15) is 15.2 Å². The number of nitrogens with zero attached hydrogens (tertiary/aromatic N) is 5. The molecule has 2 aliphatic heterocycles. The second kappa shape index (κ2) is 11.8. The fourth-order valence-electron chi connectivity index (χ4n) is 4.61. The third-order valence-electron chi connectivity index (χ3n) is 6.72. The molecular weight excluding hydrogens is 490 g/mol. The molecule has 9 nitrogen and oxygen atoms in total. The number of fused-ring (bicyclic) bond motifs is 1. The number of hydrogen-bond acceptors (Lipinski definition) is 10. The maximum atomic E-state index is 12.8. The Kier molecular flexibility index (Phi) is 8.04. The minimum atomic E-state index is -0.365. The van der Waals surface area contributed by atoms with Crippen LogP contribution in [0.4, 0.5) is 11.5 Å². The van der Waals surface area contributed by atoms with Gasteiger partial charge in [0.15, 0.2) is 6.61 Å². The number of anilines is 2. The van der Waals surface area contributed by atoms with Crippen molar-refractivity contribution in [3.63, 3.8) is 0 Å². The fraction of sp³-hybridized carbons (Fsp3) is 0.444. The zero-order valence-electron chi connectivity index (χ0n) is 21.2. The van der Waals surface area contributed by atoms with Crippen molar-refractivity contribution >= 4 is 39.0 Å². The van der Waals surface area contributed by atoms with Crippen molar-refractivity contribution in [1.29, 1.82) is 0 Å². The number of hydrogen-bond donors (Lipinski definition) is 0. The predicted octanol–water partition coefficient (Wildman–Crippen LogP) is 2.83. The van der Waals surface area contributed by atoms with E-state index in [9.17, 15) is 4.79 Å². The lowest BCUT2D eigenvalue weighted by atomic mass is 10.2. The third-order valence-corrected chi connectivity index (χ3v) is 7.90. The van der Waals surface area contributed by atoms with Gasteiger partial charge in [-0.2, -0.15) is 0 Å². The van der Waals surface area contributed by atoms with Gasteiger partial charge in [-0.1, -0.05) is 11.8 Å². The molecule has 4 heterocycles. The number of ether oxygens (including phenoxy) is 3. The van der Waals surface area contributed by atoms with Crippen molar-refractivity contribution in [2.75, 3.05) is 82.5 Å². The van der Waals surface area contributed by atoms with Gasteiger partial charge in [-0.3, -0.25) is 4.90 Å². The van der Waals surface area contributed by atoms with Crippen LogP contribution in [0.25, 0.3) is 10.2 Å². The van der Waals surface area contributed by atoms with Crippen LogP contribution in [0.3, 0.4) is 0 Å². The molecule has 2 fully saturated rings. The number of rotatable bonds is 6. The Morgan fingerprint density at radius 3 is 2.51 bits per heavy atom. The van der Waals surface area contributed by atoms with Crippen LogP contribution in [0.15, 0.2) is 30.6 Å². The van der Waals surface area contributed by atoms with E-state index in [1.165, 1.54) is 17.0 Å². The number of benzene rings is 1. The summed E-state index contributed by atoms with van der Waals surface area (Å²) in [6, 6.07) is 8.17. The molecule has 1 aromatic carbocycles. The molecule has 0 radical (unpaired) electrons. The van der Waals surface area contributed by atoms with Crippen molar-refractivity contribution in [3.05, 3.63) is 41.0 Å². The second-order valence-corrected chi connectivity index (χ2v) is 9.92. The molecule has 37 heavy (non-hydrogen) atoms. The summed E-state index contributed by atoms with van der Waals surface area (Å²) in [4.78, 5) is 29.9. The fourth-order valence-corrected chi connectivity index (χ4v) is 5.64. The number of piperazine rings is 1. The number of aromatic nitrogens is 2. The van der Waals surface area contributed by atoms with Gasteiger partial charge in [0.2, 0.25) is 0 Å². The Balaban J connectivity index is 1.12. The third kappa shape index (κ3) is 5.80. The highest BCUT2D eigenvalue weighted by atomic mass is 32.1. The van der Waals surface area contributed by atoms with E-state index in [1.54, 1.807) is 13.4 Å². The van der Waals surface area contributed by atoms with E-state index in [4.69, 9.17) is 14.2 Å². The van der Waals surface area contributed by atoms with E-state index in [2.05, 4.69) is 48.6 Å². The van der Waals surface area contributed by atoms with Gasteiger partial charge >= 0.3 is 5.97 Å². The molecule has 0 atom stereocenters. The van der Waals surface area contributed by atoms with Crippen molar-refractivity contribution in [2.24, 2.45) is 0 Å². The molecule has 3 aromatic rings. The highest BCUT2D eigenvalue weighted by Gasteiger charge is 2.23. The lowest BCUT2D eigenvalue weighted by molar-refractivity contribution is 0.0561. The number of carbonyl (C=O) groups is 1. The van der Waals surface area contributed by atoms with Crippen LogP contribution in [0.5, 0.6) is 5.75 Å². The van der Waals surface area contributed by atoms with Gasteiger partial charge in [0, 0.05) is 45.0 Å². The van der Waals surface area contributed by atoms with Crippen LogP contribution in [0, 0.1) is 18.8 Å². The van der Waals surface area contributed by atoms with Gasteiger partial charge in [0.05, 0.1) is 32.3 Å². The Morgan fingerprint density at radius 2 is 1.78 bits per heavy atom. The van der Waals surface area contributed by atoms with Gasteiger partial charge < -0.3 is 24.0 Å². The van der Waals surface area contributed by atoms with E-state index in [1.807, 2.05) is 19.1 Å². The SMILES string of the molecule is COc1ccc(N2CCN(CC#CCOC(=O)c3sc4ncnc(N5CCOCC5)c4c3C)CC2)cc1. The van der Waals surface area contributed by atoms with Crippen LogP contribution >= 0.6 is 11.3 Å². The van der Waals surface area contributed by atoms with E-state index in [0.717, 1.165) is 66.6 Å². The zero-order valence-corrected chi connectivity index (χ0v) is 22.1. The Morgan fingerprint density at radius 1 is 1.03 bits per heavy atom. The average Bonchev–Trinajstić information content (AvgIpc) is 3.30. The molecule has 0 spiro atoms. The second-order valence-electron chi connectivity index (χ2n) is 8.92. The normalized spacial score (nSPS) is 16.4. The Bertz CT molecular complexity index is 1290. The summed E-state index contributed by atoms with van der Waals surface area (Å²) in [5.74, 6) is 7.51. The predicted molar refractivity (Wildman–Crippen MR) is 145 cm³/mol. The largest absolute Gasteiger partial charge is 0.497 e. The van der Waals surface area contributed by atoms with Gasteiger partial charge in [-0.25, -0.2) is 14.8 Å². The molecular formula is C27H31N5O4S. The van der Waals surface area contributed by atoms with Crippen LogP contribution in [-0.4, -0.2) is 93.6 Å². The molecule has 5 rings (SSSR count). The quantitative estimate of drug-likeness (QED) is 0.359. The molecule has 2 aliphatic rings. The van der Waals surface area contributed by atoms with E-state index in [-0.39, 0.29) is 12.6 Å². The summed E-state index contributed by atoms with van der Waals surface area (Å²) in [6.45, 7) is 9.31. The molecule has 2 saturated heterocycles. The molecule has 194 valence electrons. The van der Waals surface area contributed by atoms with Crippen molar-refractivity contribution in [3.8, 4) is 17.6 Å². The van der Waals surface area contributed by atoms with Crippen molar-refractivity contribution in [1.82, 2.24) is 14.9 Å². The van der Waals surface area contributed by atoms with Gasteiger partial charge in [-0.05, 0) is 36.8 Å². The molecule has 2 aromatic heterocycles. The lowest BCUT2D eigenvalue weighted by Crippen LogP contribution is -2.46. The molecule has 0 N–H and O–H groups in total. The highest BCUT2D eigenvalue weighted by Crippen LogP contribution is 2.35. The number of carbonyl (C=O) groups excluding carboxylic acids is 1.